The van der Waals surface area contributed by atoms with Crippen LogP contribution in [-0.4, -0.2) is 32.3 Å². The molecule has 1 N–H and O–H groups in total. The van der Waals surface area contributed by atoms with Gasteiger partial charge in [-0.25, -0.2) is 8.42 Å². The largest absolute Gasteiger partial charge is 0.339 e. The Labute approximate surface area is 155 Å². The molecule has 0 saturated carbocycles. The number of likely N-dealkylation sites (tertiary alicyclic amines) is 1. The quantitative estimate of drug-likeness (QED) is 0.889. The summed E-state index contributed by atoms with van der Waals surface area (Å²) in [6.07, 6.45) is 3.13. The predicted molar refractivity (Wildman–Crippen MR) is 103 cm³/mol. The van der Waals surface area contributed by atoms with E-state index in [1.807, 2.05) is 24.8 Å². The molecule has 0 spiro atoms. The lowest BCUT2D eigenvalue weighted by molar-refractivity contribution is 0.0723. The maximum Gasteiger partial charge on any atom is 0.261 e. The number of benzene rings is 2. The second-order valence-corrected chi connectivity index (χ2v) is 8.49. The number of carbonyl (C=O) groups is 1. The number of amides is 1. The van der Waals surface area contributed by atoms with E-state index in [1.165, 1.54) is 6.07 Å². The molecule has 2 aromatic rings. The van der Waals surface area contributed by atoms with Crippen LogP contribution in [0.1, 0.15) is 40.7 Å². The minimum atomic E-state index is -3.75. The first-order valence-corrected chi connectivity index (χ1v) is 10.3. The van der Waals surface area contributed by atoms with Crippen molar-refractivity contribution in [3.8, 4) is 0 Å². The summed E-state index contributed by atoms with van der Waals surface area (Å²) in [6, 6.07) is 11.9. The number of sulfonamides is 1. The zero-order valence-corrected chi connectivity index (χ0v) is 16.0. The van der Waals surface area contributed by atoms with Gasteiger partial charge in [0.2, 0.25) is 0 Å². The molecule has 5 nitrogen and oxygen atoms in total. The predicted octanol–water partition coefficient (Wildman–Crippen LogP) is 3.73. The molecule has 0 aromatic heterocycles. The van der Waals surface area contributed by atoms with Gasteiger partial charge in [0.1, 0.15) is 0 Å². The molecule has 26 heavy (non-hydrogen) atoms. The molecule has 0 radical (unpaired) electrons. The first-order chi connectivity index (χ1) is 12.4. The minimum Gasteiger partial charge on any atom is -0.339 e. The number of anilines is 1. The highest BCUT2D eigenvalue weighted by atomic mass is 32.2. The number of nitrogens with one attached hydrogen (secondary N) is 1. The van der Waals surface area contributed by atoms with Crippen molar-refractivity contribution in [2.24, 2.45) is 0 Å². The van der Waals surface area contributed by atoms with E-state index in [0.717, 1.165) is 43.5 Å². The zero-order valence-electron chi connectivity index (χ0n) is 15.2. The van der Waals surface area contributed by atoms with Crippen molar-refractivity contribution in [1.29, 1.82) is 0 Å². The van der Waals surface area contributed by atoms with Gasteiger partial charge in [-0.15, -0.1) is 0 Å². The maximum absolute atomic E-state index is 12.8. The molecule has 1 aliphatic heterocycles. The van der Waals surface area contributed by atoms with E-state index in [-0.39, 0.29) is 10.8 Å². The molecule has 1 heterocycles. The van der Waals surface area contributed by atoms with Crippen LogP contribution in [0.4, 0.5) is 5.69 Å². The molecule has 138 valence electrons. The Kier molecular flexibility index (Phi) is 5.32. The Morgan fingerprint density at radius 1 is 1.00 bits per heavy atom. The third-order valence-electron chi connectivity index (χ3n) is 4.66. The molecular formula is C20H24N2O3S. The van der Waals surface area contributed by atoms with E-state index in [2.05, 4.69) is 4.72 Å². The van der Waals surface area contributed by atoms with Crippen molar-refractivity contribution in [2.75, 3.05) is 17.8 Å². The summed E-state index contributed by atoms with van der Waals surface area (Å²) >= 11 is 0. The minimum absolute atomic E-state index is 0.0881. The number of nitrogens with zero attached hydrogens (tertiary/aromatic N) is 1. The maximum atomic E-state index is 12.8. The summed E-state index contributed by atoms with van der Waals surface area (Å²) in [5, 5.41) is 0. The van der Waals surface area contributed by atoms with Crippen LogP contribution in [-0.2, 0) is 10.0 Å². The standard InChI is InChI=1S/C20H24N2O3S/c1-15-7-6-8-17(13-15)21-26(24,25)18-10-9-16(2)19(14-18)20(23)22-11-4-3-5-12-22/h6-10,13-14,21H,3-5,11-12H2,1-2H3. The Morgan fingerprint density at radius 2 is 1.73 bits per heavy atom. The Hall–Kier alpha value is -2.34. The molecule has 0 unspecified atom stereocenters. The lowest BCUT2D eigenvalue weighted by atomic mass is 10.1. The van der Waals surface area contributed by atoms with Crippen molar-refractivity contribution >= 4 is 21.6 Å². The summed E-state index contributed by atoms with van der Waals surface area (Å²) < 4.78 is 28.1. The molecule has 1 fully saturated rings. The SMILES string of the molecule is Cc1cccc(NS(=O)(=O)c2ccc(C)c(C(=O)N3CCCCC3)c2)c1. The number of hydrogen-bond donors (Lipinski definition) is 1. The van der Waals surface area contributed by atoms with Crippen molar-refractivity contribution in [3.63, 3.8) is 0 Å². The normalized spacial score (nSPS) is 14.9. The lowest BCUT2D eigenvalue weighted by Crippen LogP contribution is -2.36. The summed E-state index contributed by atoms with van der Waals surface area (Å²) in [7, 11) is -3.75. The molecule has 1 aliphatic rings. The van der Waals surface area contributed by atoms with Crippen LogP contribution < -0.4 is 4.72 Å². The van der Waals surface area contributed by atoms with Crippen molar-refractivity contribution < 1.29 is 13.2 Å². The lowest BCUT2D eigenvalue weighted by Gasteiger charge is -2.27. The van der Waals surface area contributed by atoms with Gasteiger partial charge in [-0.2, -0.15) is 0 Å². The highest BCUT2D eigenvalue weighted by Gasteiger charge is 2.22. The third-order valence-corrected chi connectivity index (χ3v) is 6.04. The highest BCUT2D eigenvalue weighted by Crippen LogP contribution is 2.22. The van der Waals surface area contributed by atoms with Crippen molar-refractivity contribution in [1.82, 2.24) is 4.90 Å². The summed E-state index contributed by atoms with van der Waals surface area (Å²) in [5.74, 6) is -0.0881. The Morgan fingerprint density at radius 3 is 2.42 bits per heavy atom. The number of hydrogen-bond acceptors (Lipinski definition) is 3. The van der Waals surface area contributed by atoms with Gasteiger partial charge in [-0.05, 0) is 68.5 Å². The van der Waals surface area contributed by atoms with E-state index < -0.39 is 10.0 Å². The molecule has 1 saturated heterocycles. The number of rotatable bonds is 4. The molecule has 0 atom stereocenters. The fraction of sp³-hybridized carbons (Fsp3) is 0.350. The monoisotopic (exact) mass is 372 g/mol. The van der Waals surface area contributed by atoms with Gasteiger partial charge in [-0.3, -0.25) is 9.52 Å². The zero-order chi connectivity index (χ0) is 18.7. The first kappa shape index (κ1) is 18.5. The Bertz CT molecular complexity index is 916. The van der Waals surface area contributed by atoms with Crippen LogP contribution in [0.15, 0.2) is 47.4 Å². The summed E-state index contributed by atoms with van der Waals surface area (Å²) in [5.41, 5.74) is 2.72. The van der Waals surface area contributed by atoms with Gasteiger partial charge >= 0.3 is 0 Å². The second kappa shape index (κ2) is 7.50. The number of aryl methyl sites for hydroxylation is 2. The molecule has 6 heteroatoms. The average Bonchev–Trinajstić information content (AvgIpc) is 2.62. The fourth-order valence-corrected chi connectivity index (χ4v) is 4.26. The average molecular weight is 372 g/mol. The van der Waals surface area contributed by atoms with Gasteiger partial charge in [0, 0.05) is 24.3 Å². The van der Waals surface area contributed by atoms with Crippen LogP contribution in [0.2, 0.25) is 0 Å². The van der Waals surface area contributed by atoms with Crippen molar-refractivity contribution in [3.05, 3.63) is 59.2 Å². The van der Waals surface area contributed by atoms with Gasteiger partial charge in [0.15, 0.2) is 0 Å². The molecule has 2 aromatic carbocycles. The molecule has 0 bridgehead atoms. The van der Waals surface area contributed by atoms with E-state index in [0.29, 0.717) is 11.3 Å². The second-order valence-electron chi connectivity index (χ2n) is 6.80. The molecular weight excluding hydrogens is 348 g/mol. The van der Waals surface area contributed by atoms with Gasteiger partial charge in [0.25, 0.3) is 15.9 Å². The van der Waals surface area contributed by atoms with Gasteiger partial charge < -0.3 is 4.90 Å². The van der Waals surface area contributed by atoms with Crippen molar-refractivity contribution in [2.45, 2.75) is 38.0 Å². The van der Waals surface area contributed by atoms with Crippen LogP contribution in [0.5, 0.6) is 0 Å². The van der Waals surface area contributed by atoms with E-state index >= 15 is 0 Å². The Balaban J connectivity index is 1.89. The summed E-state index contributed by atoms with van der Waals surface area (Å²) in [6.45, 7) is 5.20. The topological polar surface area (TPSA) is 66.5 Å². The summed E-state index contributed by atoms with van der Waals surface area (Å²) in [4.78, 5) is 14.7. The number of carbonyl (C=O) groups excluding carboxylic acids is 1. The molecule has 0 aliphatic carbocycles. The third kappa shape index (κ3) is 4.07. The van der Waals surface area contributed by atoms with E-state index in [1.54, 1.807) is 30.3 Å². The molecule has 3 rings (SSSR count). The first-order valence-electron chi connectivity index (χ1n) is 8.86. The van der Waals surface area contributed by atoms with Gasteiger partial charge in [0.05, 0.1) is 4.90 Å². The van der Waals surface area contributed by atoms with Crippen LogP contribution in [0.3, 0.4) is 0 Å². The number of piperidine rings is 1. The highest BCUT2D eigenvalue weighted by molar-refractivity contribution is 7.92. The smallest absolute Gasteiger partial charge is 0.261 e. The van der Waals surface area contributed by atoms with Crippen LogP contribution in [0.25, 0.3) is 0 Å². The van der Waals surface area contributed by atoms with E-state index in [4.69, 9.17) is 0 Å². The fourth-order valence-electron chi connectivity index (χ4n) is 3.19. The molecule has 1 amide bonds. The van der Waals surface area contributed by atoms with Gasteiger partial charge in [-0.1, -0.05) is 18.2 Å². The van der Waals surface area contributed by atoms with Crippen LogP contribution >= 0.6 is 0 Å². The van der Waals surface area contributed by atoms with E-state index in [9.17, 15) is 13.2 Å². The van der Waals surface area contributed by atoms with Crippen LogP contribution in [0, 0.1) is 13.8 Å².